The van der Waals surface area contributed by atoms with Gasteiger partial charge in [0.2, 0.25) is 5.91 Å². The van der Waals surface area contributed by atoms with Crippen LogP contribution in [0.5, 0.6) is 0 Å². The van der Waals surface area contributed by atoms with Gasteiger partial charge in [0.15, 0.2) is 5.76 Å². The van der Waals surface area contributed by atoms with Gasteiger partial charge in [-0.1, -0.05) is 0 Å². The standard InChI is InChI=1S/C14H19N3O3/c15-12-8-2-1-7(5-8)11(12)14(19)17-6-9-3-4-10(20-9)13(16)18/h3-4,7-8,11-12H,1-2,5-6,15H2,(H2,16,18)(H,17,19). The summed E-state index contributed by atoms with van der Waals surface area (Å²) in [5, 5.41) is 2.84. The molecule has 0 spiro atoms. The molecule has 2 aliphatic rings. The van der Waals surface area contributed by atoms with Crippen molar-refractivity contribution in [3.05, 3.63) is 23.7 Å². The summed E-state index contributed by atoms with van der Waals surface area (Å²) in [7, 11) is 0. The predicted molar refractivity (Wildman–Crippen MR) is 71.4 cm³/mol. The van der Waals surface area contributed by atoms with Gasteiger partial charge in [-0.3, -0.25) is 9.59 Å². The van der Waals surface area contributed by atoms with E-state index >= 15 is 0 Å². The lowest BCUT2D eigenvalue weighted by molar-refractivity contribution is -0.127. The highest BCUT2D eigenvalue weighted by Crippen LogP contribution is 2.47. The molecule has 2 amide bonds. The van der Waals surface area contributed by atoms with Crippen LogP contribution in [-0.2, 0) is 11.3 Å². The van der Waals surface area contributed by atoms with E-state index in [0.29, 0.717) is 17.6 Å². The number of nitrogens with two attached hydrogens (primary N) is 2. The molecule has 4 atom stereocenters. The maximum absolute atomic E-state index is 12.2. The highest BCUT2D eigenvalue weighted by Gasteiger charge is 2.48. The highest BCUT2D eigenvalue weighted by atomic mass is 16.4. The van der Waals surface area contributed by atoms with Crippen LogP contribution < -0.4 is 16.8 Å². The fraction of sp³-hybridized carbons (Fsp3) is 0.571. The third-order valence-corrected chi connectivity index (χ3v) is 4.62. The number of hydrogen-bond donors (Lipinski definition) is 3. The average Bonchev–Trinajstić information content (AvgIpc) is 3.11. The Morgan fingerprint density at radius 1 is 1.30 bits per heavy atom. The quantitative estimate of drug-likeness (QED) is 0.738. The Labute approximate surface area is 116 Å². The van der Waals surface area contributed by atoms with Gasteiger partial charge in [-0.25, -0.2) is 0 Å². The Balaban J connectivity index is 1.58. The molecule has 2 bridgehead atoms. The van der Waals surface area contributed by atoms with Crippen LogP contribution in [0.4, 0.5) is 0 Å². The third-order valence-electron chi connectivity index (χ3n) is 4.62. The fourth-order valence-corrected chi connectivity index (χ4v) is 3.62. The van der Waals surface area contributed by atoms with Gasteiger partial charge in [0, 0.05) is 6.04 Å². The van der Waals surface area contributed by atoms with E-state index in [9.17, 15) is 9.59 Å². The number of nitrogens with one attached hydrogen (secondary N) is 1. The lowest BCUT2D eigenvalue weighted by Gasteiger charge is -2.26. The molecule has 6 heteroatoms. The van der Waals surface area contributed by atoms with Crippen LogP contribution in [0, 0.1) is 17.8 Å². The van der Waals surface area contributed by atoms with Gasteiger partial charge in [0.1, 0.15) is 5.76 Å². The first-order chi connectivity index (χ1) is 9.56. The van der Waals surface area contributed by atoms with Crippen molar-refractivity contribution < 1.29 is 14.0 Å². The molecule has 0 aromatic carbocycles. The molecule has 4 unspecified atom stereocenters. The fourth-order valence-electron chi connectivity index (χ4n) is 3.62. The second kappa shape index (κ2) is 4.94. The smallest absolute Gasteiger partial charge is 0.284 e. The summed E-state index contributed by atoms with van der Waals surface area (Å²) in [6.45, 7) is 0.257. The van der Waals surface area contributed by atoms with Crippen LogP contribution in [-0.4, -0.2) is 17.9 Å². The summed E-state index contributed by atoms with van der Waals surface area (Å²) < 4.78 is 5.23. The zero-order chi connectivity index (χ0) is 14.3. The molecule has 2 saturated carbocycles. The Hall–Kier alpha value is -1.82. The number of carbonyl (C=O) groups excluding carboxylic acids is 2. The van der Waals surface area contributed by atoms with Crippen molar-refractivity contribution in [2.45, 2.75) is 31.8 Å². The second-order valence-electron chi connectivity index (χ2n) is 5.78. The third kappa shape index (κ3) is 2.20. The van der Waals surface area contributed by atoms with E-state index < -0.39 is 5.91 Å². The molecule has 2 fully saturated rings. The van der Waals surface area contributed by atoms with Crippen LogP contribution in [0.15, 0.2) is 16.5 Å². The minimum Gasteiger partial charge on any atom is -0.454 e. The minimum absolute atomic E-state index is 0.0123. The van der Waals surface area contributed by atoms with Crippen molar-refractivity contribution >= 4 is 11.8 Å². The zero-order valence-electron chi connectivity index (χ0n) is 11.2. The Kier molecular flexibility index (Phi) is 3.25. The molecule has 0 radical (unpaired) electrons. The van der Waals surface area contributed by atoms with Crippen LogP contribution in [0.1, 0.15) is 35.6 Å². The van der Waals surface area contributed by atoms with Crippen molar-refractivity contribution in [2.24, 2.45) is 29.2 Å². The first kappa shape index (κ1) is 13.2. The Bertz CT molecular complexity index is 538. The van der Waals surface area contributed by atoms with Crippen LogP contribution in [0.25, 0.3) is 0 Å². The molecule has 1 aromatic rings. The van der Waals surface area contributed by atoms with Crippen LogP contribution in [0.3, 0.4) is 0 Å². The normalized spacial score (nSPS) is 31.4. The number of amides is 2. The molecule has 5 N–H and O–H groups in total. The summed E-state index contributed by atoms with van der Waals surface area (Å²) in [6, 6.07) is 3.13. The molecular weight excluding hydrogens is 258 g/mol. The van der Waals surface area contributed by atoms with Crippen LogP contribution in [0.2, 0.25) is 0 Å². The summed E-state index contributed by atoms with van der Waals surface area (Å²) in [5.41, 5.74) is 11.2. The number of hydrogen-bond acceptors (Lipinski definition) is 4. The van der Waals surface area contributed by atoms with Gasteiger partial charge >= 0.3 is 0 Å². The maximum Gasteiger partial charge on any atom is 0.284 e. The molecule has 0 aliphatic heterocycles. The summed E-state index contributed by atoms with van der Waals surface area (Å²) >= 11 is 0. The van der Waals surface area contributed by atoms with Gasteiger partial charge < -0.3 is 21.2 Å². The van der Waals surface area contributed by atoms with Crippen molar-refractivity contribution in [1.29, 1.82) is 0 Å². The zero-order valence-corrected chi connectivity index (χ0v) is 11.2. The van der Waals surface area contributed by atoms with E-state index in [2.05, 4.69) is 5.32 Å². The summed E-state index contributed by atoms with van der Waals surface area (Å²) in [6.07, 6.45) is 3.32. The summed E-state index contributed by atoms with van der Waals surface area (Å²) in [4.78, 5) is 23.2. The number of carbonyl (C=O) groups is 2. The molecule has 1 aromatic heterocycles. The van der Waals surface area contributed by atoms with Crippen LogP contribution >= 0.6 is 0 Å². The van der Waals surface area contributed by atoms with Gasteiger partial charge in [-0.15, -0.1) is 0 Å². The molecule has 108 valence electrons. The minimum atomic E-state index is -0.613. The second-order valence-corrected chi connectivity index (χ2v) is 5.78. The molecule has 6 nitrogen and oxygen atoms in total. The van der Waals surface area contributed by atoms with Crippen molar-refractivity contribution in [3.63, 3.8) is 0 Å². The largest absolute Gasteiger partial charge is 0.454 e. The molecule has 3 rings (SSSR count). The SMILES string of the molecule is NC(=O)c1ccc(CNC(=O)C2C3CCC(C3)C2N)o1. The van der Waals surface area contributed by atoms with Crippen molar-refractivity contribution in [2.75, 3.05) is 0 Å². The molecule has 0 saturated heterocycles. The predicted octanol–water partition coefficient (Wildman–Crippen LogP) is 0.368. The maximum atomic E-state index is 12.2. The van der Waals surface area contributed by atoms with Crippen molar-refractivity contribution in [1.82, 2.24) is 5.32 Å². The first-order valence-corrected chi connectivity index (χ1v) is 6.98. The first-order valence-electron chi connectivity index (χ1n) is 6.98. The molecule has 2 aliphatic carbocycles. The van der Waals surface area contributed by atoms with Gasteiger partial charge in [0.05, 0.1) is 12.5 Å². The number of furan rings is 1. The van der Waals surface area contributed by atoms with E-state index in [1.54, 1.807) is 6.07 Å². The van der Waals surface area contributed by atoms with Crippen molar-refractivity contribution in [3.8, 4) is 0 Å². The summed E-state index contributed by atoms with van der Waals surface area (Å²) in [5.74, 6) is 0.835. The molecule has 20 heavy (non-hydrogen) atoms. The van der Waals surface area contributed by atoms with E-state index in [1.807, 2.05) is 0 Å². The Morgan fingerprint density at radius 3 is 2.65 bits per heavy atom. The Morgan fingerprint density at radius 2 is 2.05 bits per heavy atom. The lowest BCUT2D eigenvalue weighted by Crippen LogP contribution is -2.45. The number of fused-ring (bicyclic) bond motifs is 2. The molecular formula is C14H19N3O3. The van der Waals surface area contributed by atoms with Gasteiger partial charge in [-0.05, 0) is 43.2 Å². The van der Waals surface area contributed by atoms with Gasteiger partial charge in [-0.2, -0.15) is 0 Å². The highest BCUT2D eigenvalue weighted by molar-refractivity contribution is 5.89. The topological polar surface area (TPSA) is 111 Å². The average molecular weight is 277 g/mol. The van der Waals surface area contributed by atoms with E-state index in [1.165, 1.54) is 6.07 Å². The number of primary amides is 1. The number of rotatable bonds is 4. The monoisotopic (exact) mass is 277 g/mol. The van der Waals surface area contributed by atoms with Gasteiger partial charge in [0.25, 0.3) is 5.91 Å². The molecule has 1 heterocycles. The van der Waals surface area contributed by atoms with E-state index in [-0.39, 0.29) is 30.2 Å². The van der Waals surface area contributed by atoms with E-state index in [4.69, 9.17) is 15.9 Å². The lowest BCUT2D eigenvalue weighted by atomic mass is 9.84. The van der Waals surface area contributed by atoms with E-state index in [0.717, 1.165) is 19.3 Å².